The predicted molar refractivity (Wildman–Crippen MR) is 64.9 cm³/mol. The van der Waals surface area contributed by atoms with Crippen molar-refractivity contribution in [2.24, 2.45) is 5.73 Å². The third-order valence-corrected chi connectivity index (χ3v) is 3.42. The van der Waals surface area contributed by atoms with E-state index in [1.807, 2.05) is 6.92 Å². The molecule has 1 unspecified atom stereocenters. The lowest BCUT2D eigenvalue weighted by atomic mass is 9.97. The molecule has 88 valence electrons. The summed E-state index contributed by atoms with van der Waals surface area (Å²) < 4.78 is 5.99. The zero-order valence-electron chi connectivity index (χ0n) is 9.16. The SMILES string of the molecule is COc1cc(C(CN)C(=O)O)cc(C)c1Br. The van der Waals surface area contributed by atoms with Crippen LogP contribution in [0.2, 0.25) is 0 Å². The van der Waals surface area contributed by atoms with E-state index in [9.17, 15) is 4.79 Å². The highest BCUT2D eigenvalue weighted by atomic mass is 79.9. The number of benzene rings is 1. The van der Waals surface area contributed by atoms with Gasteiger partial charge >= 0.3 is 5.97 Å². The fourth-order valence-corrected chi connectivity index (χ4v) is 1.88. The molecule has 0 heterocycles. The molecule has 0 aromatic heterocycles. The molecule has 0 bridgehead atoms. The zero-order valence-corrected chi connectivity index (χ0v) is 10.7. The molecule has 0 amide bonds. The molecule has 0 fully saturated rings. The van der Waals surface area contributed by atoms with Gasteiger partial charge in [0.15, 0.2) is 0 Å². The van der Waals surface area contributed by atoms with E-state index in [1.54, 1.807) is 19.2 Å². The van der Waals surface area contributed by atoms with Crippen LogP contribution in [0.4, 0.5) is 0 Å². The minimum atomic E-state index is -0.925. The lowest BCUT2D eigenvalue weighted by Gasteiger charge is -2.14. The van der Waals surface area contributed by atoms with E-state index < -0.39 is 11.9 Å². The second-order valence-electron chi connectivity index (χ2n) is 3.48. The molecule has 0 aliphatic rings. The standard InChI is InChI=1S/C11H14BrNO3/c1-6-3-7(8(5-13)11(14)15)4-9(16-2)10(6)12/h3-4,8H,5,13H2,1-2H3,(H,14,15). The van der Waals surface area contributed by atoms with E-state index in [4.69, 9.17) is 15.6 Å². The van der Waals surface area contributed by atoms with E-state index in [2.05, 4.69) is 15.9 Å². The molecule has 1 atom stereocenters. The number of methoxy groups -OCH3 is 1. The summed E-state index contributed by atoms with van der Waals surface area (Å²) in [6.07, 6.45) is 0. The van der Waals surface area contributed by atoms with Crippen molar-refractivity contribution in [2.75, 3.05) is 13.7 Å². The number of halogens is 1. The average Bonchev–Trinajstić information content (AvgIpc) is 2.23. The van der Waals surface area contributed by atoms with Crippen LogP contribution in [0.5, 0.6) is 5.75 Å². The highest BCUT2D eigenvalue weighted by Gasteiger charge is 2.20. The van der Waals surface area contributed by atoms with Crippen LogP contribution in [-0.2, 0) is 4.79 Å². The van der Waals surface area contributed by atoms with Crippen molar-refractivity contribution in [3.05, 3.63) is 27.7 Å². The summed E-state index contributed by atoms with van der Waals surface area (Å²) in [5, 5.41) is 9.02. The van der Waals surface area contributed by atoms with Gasteiger partial charge in [-0.1, -0.05) is 6.07 Å². The third-order valence-electron chi connectivity index (χ3n) is 2.40. The van der Waals surface area contributed by atoms with Crippen LogP contribution in [0.1, 0.15) is 17.0 Å². The molecule has 16 heavy (non-hydrogen) atoms. The lowest BCUT2D eigenvalue weighted by Crippen LogP contribution is -2.21. The molecular formula is C11H14BrNO3. The van der Waals surface area contributed by atoms with Gasteiger partial charge < -0.3 is 15.6 Å². The highest BCUT2D eigenvalue weighted by molar-refractivity contribution is 9.10. The van der Waals surface area contributed by atoms with Crippen molar-refractivity contribution in [1.29, 1.82) is 0 Å². The average molecular weight is 288 g/mol. The van der Waals surface area contributed by atoms with Gasteiger partial charge in [0.2, 0.25) is 0 Å². The van der Waals surface area contributed by atoms with Gasteiger partial charge in [0, 0.05) is 6.54 Å². The summed E-state index contributed by atoms with van der Waals surface area (Å²) in [5.74, 6) is -0.998. The number of carboxylic acid groups (broad SMARTS) is 1. The molecule has 4 nitrogen and oxygen atoms in total. The Bertz CT molecular complexity index is 406. The van der Waals surface area contributed by atoms with Crippen molar-refractivity contribution < 1.29 is 14.6 Å². The van der Waals surface area contributed by atoms with Crippen LogP contribution >= 0.6 is 15.9 Å². The van der Waals surface area contributed by atoms with E-state index >= 15 is 0 Å². The van der Waals surface area contributed by atoms with Crippen LogP contribution in [0.25, 0.3) is 0 Å². The second kappa shape index (κ2) is 5.32. The van der Waals surface area contributed by atoms with E-state index in [1.165, 1.54) is 0 Å². The Morgan fingerprint density at radius 1 is 1.62 bits per heavy atom. The number of aryl methyl sites for hydroxylation is 1. The molecule has 0 saturated heterocycles. The van der Waals surface area contributed by atoms with Gasteiger partial charge in [-0.25, -0.2) is 0 Å². The summed E-state index contributed by atoms with van der Waals surface area (Å²) in [6.45, 7) is 1.95. The molecule has 3 N–H and O–H groups in total. The number of carboxylic acids is 1. The minimum Gasteiger partial charge on any atom is -0.496 e. The molecule has 5 heteroatoms. The number of nitrogens with two attached hydrogens (primary N) is 1. The van der Waals surface area contributed by atoms with Crippen LogP contribution < -0.4 is 10.5 Å². The van der Waals surface area contributed by atoms with Crippen molar-refractivity contribution in [1.82, 2.24) is 0 Å². The van der Waals surface area contributed by atoms with Crippen LogP contribution in [-0.4, -0.2) is 24.7 Å². The van der Waals surface area contributed by atoms with Gasteiger partial charge in [-0.2, -0.15) is 0 Å². The quantitative estimate of drug-likeness (QED) is 0.887. The Morgan fingerprint density at radius 3 is 2.69 bits per heavy atom. The third kappa shape index (κ3) is 2.54. The largest absolute Gasteiger partial charge is 0.496 e. The summed E-state index contributed by atoms with van der Waals surface area (Å²) in [7, 11) is 1.54. The molecule has 0 radical (unpaired) electrons. The fraction of sp³-hybridized carbons (Fsp3) is 0.364. The summed E-state index contributed by atoms with van der Waals surface area (Å²) in [6, 6.07) is 3.50. The molecule has 0 spiro atoms. The Kier molecular flexibility index (Phi) is 4.32. The van der Waals surface area contributed by atoms with Gasteiger partial charge in [0.1, 0.15) is 5.75 Å². The monoisotopic (exact) mass is 287 g/mol. The maximum Gasteiger partial charge on any atom is 0.312 e. The van der Waals surface area contributed by atoms with Crippen LogP contribution in [0.15, 0.2) is 16.6 Å². The van der Waals surface area contributed by atoms with Crippen molar-refractivity contribution in [3.63, 3.8) is 0 Å². The summed E-state index contributed by atoms with van der Waals surface area (Å²) in [5.41, 5.74) is 7.04. The van der Waals surface area contributed by atoms with Gasteiger partial charge in [0.25, 0.3) is 0 Å². The number of carbonyl (C=O) groups is 1. The first kappa shape index (κ1) is 13.0. The Hall–Kier alpha value is -1.07. The first-order chi connectivity index (χ1) is 7.51. The normalized spacial score (nSPS) is 12.2. The maximum absolute atomic E-state index is 11.0. The zero-order chi connectivity index (χ0) is 12.3. The smallest absolute Gasteiger partial charge is 0.312 e. The molecule has 1 rings (SSSR count). The van der Waals surface area contributed by atoms with Crippen molar-refractivity contribution in [3.8, 4) is 5.75 Å². The van der Waals surface area contributed by atoms with E-state index in [0.29, 0.717) is 11.3 Å². The van der Waals surface area contributed by atoms with Gasteiger partial charge in [-0.05, 0) is 40.0 Å². The first-order valence-corrected chi connectivity index (χ1v) is 5.57. The molecule has 0 aliphatic heterocycles. The minimum absolute atomic E-state index is 0.0690. The van der Waals surface area contributed by atoms with Crippen LogP contribution in [0.3, 0.4) is 0 Å². The second-order valence-corrected chi connectivity index (χ2v) is 4.27. The Labute approximate surface area is 103 Å². The van der Waals surface area contributed by atoms with Gasteiger partial charge in [0.05, 0.1) is 17.5 Å². The topological polar surface area (TPSA) is 72.5 Å². The number of aliphatic carboxylic acids is 1. The van der Waals surface area contributed by atoms with Gasteiger partial charge in [-0.15, -0.1) is 0 Å². The molecule has 0 saturated carbocycles. The fourth-order valence-electron chi connectivity index (χ4n) is 1.49. The number of hydrogen-bond donors (Lipinski definition) is 2. The Balaban J connectivity index is 3.24. The van der Waals surface area contributed by atoms with E-state index in [-0.39, 0.29) is 6.54 Å². The molecule has 1 aromatic rings. The first-order valence-electron chi connectivity index (χ1n) is 4.78. The molecular weight excluding hydrogens is 274 g/mol. The highest BCUT2D eigenvalue weighted by Crippen LogP contribution is 2.32. The maximum atomic E-state index is 11.0. The molecule has 1 aromatic carbocycles. The summed E-state index contributed by atoms with van der Waals surface area (Å²) in [4.78, 5) is 11.0. The van der Waals surface area contributed by atoms with Crippen molar-refractivity contribution >= 4 is 21.9 Å². The number of hydrogen-bond acceptors (Lipinski definition) is 3. The van der Waals surface area contributed by atoms with Crippen molar-refractivity contribution in [2.45, 2.75) is 12.8 Å². The summed E-state index contributed by atoms with van der Waals surface area (Å²) >= 11 is 3.38. The predicted octanol–water partition coefficient (Wildman–Crippen LogP) is 1.89. The Morgan fingerprint density at radius 2 is 2.25 bits per heavy atom. The molecule has 0 aliphatic carbocycles. The van der Waals surface area contributed by atoms with Crippen LogP contribution in [0, 0.1) is 6.92 Å². The lowest BCUT2D eigenvalue weighted by molar-refractivity contribution is -0.138. The van der Waals surface area contributed by atoms with Gasteiger partial charge in [-0.3, -0.25) is 4.79 Å². The number of ether oxygens (including phenoxy) is 1. The van der Waals surface area contributed by atoms with E-state index in [0.717, 1.165) is 10.0 Å². The number of rotatable bonds is 4.